The Morgan fingerprint density at radius 2 is 1.67 bits per heavy atom. The summed E-state index contributed by atoms with van der Waals surface area (Å²) in [6.45, 7) is 5.63. The minimum Gasteiger partial charge on any atom is -0.458 e. The molecule has 1 atom stereocenters. The number of thioether (sulfide) groups is 1. The molecule has 3 rings (SSSR count). The van der Waals surface area contributed by atoms with Gasteiger partial charge in [-0.1, -0.05) is 54.6 Å². The first-order valence-electron chi connectivity index (χ1n) is 8.02. The topological polar surface area (TPSA) is 38.7 Å². The second-order valence-corrected chi connectivity index (χ2v) is 7.71. The van der Waals surface area contributed by atoms with E-state index in [0.717, 1.165) is 21.7 Å². The number of hydrogen-bond donors (Lipinski definition) is 0. The number of esters is 1. The summed E-state index contributed by atoms with van der Waals surface area (Å²) in [5.74, 6) is 0.384. The van der Waals surface area contributed by atoms with Crippen LogP contribution in [0, 0.1) is 0 Å². The van der Waals surface area contributed by atoms with E-state index in [1.807, 2.05) is 51.1 Å². The van der Waals surface area contributed by atoms with Gasteiger partial charge in [-0.25, -0.2) is 4.79 Å². The van der Waals surface area contributed by atoms with Gasteiger partial charge in [-0.2, -0.15) is 0 Å². The maximum atomic E-state index is 12.3. The molecule has 0 spiro atoms. The summed E-state index contributed by atoms with van der Waals surface area (Å²) in [5.41, 5.74) is 2.87. The first-order valence-corrected chi connectivity index (χ1v) is 9.01. The van der Waals surface area contributed by atoms with Crippen LogP contribution in [0.2, 0.25) is 0 Å². The fraction of sp³-hybridized carbons (Fsp3) is 0.300. The van der Waals surface area contributed by atoms with Gasteiger partial charge in [0.15, 0.2) is 6.04 Å². The number of aliphatic imine (C=N–C) groups is 1. The summed E-state index contributed by atoms with van der Waals surface area (Å²) < 4.78 is 5.46. The second-order valence-electron chi connectivity index (χ2n) is 6.71. The molecule has 0 saturated heterocycles. The van der Waals surface area contributed by atoms with Crippen LogP contribution in [0.3, 0.4) is 0 Å². The third-order valence-electron chi connectivity index (χ3n) is 3.57. The van der Waals surface area contributed by atoms with Crippen LogP contribution < -0.4 is 0 Å². The Labute approximate surface area is 147 Å². The summed E-state index contributed by atoms with van der Waals surface area (Å²) in [5, 5.41) is 0.908. The van der Waals surface area contributed by atoms with E-state index in [2.05, 4.69) is 29.3 Å². The standard InChI is InChI=1S/C20H21NO2S/c1-20(2,3)23-19(22)17-13-24-18(21-17)16-12-8-7-11-15(16)14-9-5-4-6-10-14/h4-12,17H,13H2,1-3H3/t17-/m0/s1. The lowest BCUT2D eigenvalue weighted by atomic mass is 10.0. The van der Waals surface area contributed by atoms with Crippen molar-refractivity contribution in [2.45, 2.75) is 32.4 Å². The lowest BCUT2D eigenvalue weighted by molar-refractivity contribution is -0.155. The molecule has 24 heavy (non-hydrogen) atoms. The van der Waals surface area contributed by atoms with Crippen LogP contribution in [0.15, 0.2) is 59.6 Å². The zero-order valence-corrected chi connectivity index (χ0v) is 15.0. The molecule has 1 aliphatic heterocycles. The van der Waals surface area contributed by atoms with E-state index in [1.54, 1.807) is 11.8 Å². The second kappa shape index (κ2) is 6.81. The van der Waals surface area contributed by atoms with Crippen LogP contribution in [0.4, 0.5) is 0 Å². The molecule has 0 amide bonds. The largest absolute Gasteiger partial charge is 0.458 e. The molecule has 0 aliphatic carbocycles. The Balaban J connectivity index is 1.88. The number of carbonyl (C=O) groups excluding carboxylic acids is 1. The van der Waals surface area contributed by atoms with Crippen molar-refractivity contribution in [2.75, 3.05) is 5.75 Å². The first-order chi connectivity index (χ1) is 11.4. The minimum atomic E-state index is -0.484. The maximum absolute atomic E-state index is 12.3. The van der Waals surface area contributed by atoms with Crippen LogP contribution in [-0.4, -0.2) is 28.4 Å². The Bertz CT molecular complexity index is 763. The smallest absolute Gasteiger partial charge is 0.332 e. The molecule has 0 unspecified atom stereocenters. The number of carbonyl (C=O) groups is 1. The molecule has 124 valence electrons. The van der Waals surface area contributed by atoms with Crippen LogP contribution >= 0.6 is 11.8 Å². The molecule has 4 heteroatoms. The van der Waals surface area contributed by atoms with Gasteiger partial charge in [0.05, 0.1) is 5.04 Å². The number of nitrogens with zero attached hydrogens (tertiary/aromatic N) is 1. The molecule has 2 aromatic rings. The van der Waals surface area contributed by atoms with Gasteiger partial charge in [0.1, 0.15) is 5.60 Å². The molecule has 0 radical (unpaired) electrons. The van der Waals surface area contributed by atoms with Gasteiger partial charge in [0, 0.05) is 11.3 Å². The predicted octanol–water partition coefficient (Wildman–Crippen LogP) is 4.56. The van der Waals surface area contributed by atoms with Gasteiger partial charge in [0.2, 0.25) is 0 Å². The van der Waals surface area contributed by atoms with Crippen LogP contribution in [0.1, 0.15) is 26.3 Å². The molecule has 2 aromatic carbocycles. The monoisotopic (exact) mass is 339 g/mol. The zero-order chi connectivity index (χ0) is 17.2. The van der Waals surface area contributed by atoms with Crippen LogP contribution in [0.5, 0.6) is 0 Å². The van der Waals surface area contributed by atoms with E-state index in [1.165, 1.54) is 0 Å². The van der Waals surface area contributed by atoms with Crippen molar-refractivity contribution < 1.29 is 9.53 Å². The lowest BCUT2D eigenvalue weighted by Gasteiger charge is -2.20. The van der Waals surface area contributed by atoms with E-state index in [-0.39, 0.29) is 5.97 Å². The van der Waals surface area contributed by atoms with Gasteiger partial charge in [0.25, 0.3) is 0 Å². The van der Waals surface area contributed by atoms with Crippen molar-refractivity contribution in [1.29, 1.82) is 0 Å². The lowest BCUT2D eigenvalue weighted by Crippen LogP contribution is -2.31. The van der Waals surface area contributed by atoms with Gasteiger partial charge >= 0.3 is 5.97 Å². The average Bonchev–Trinajstić information content (AvgIpc) is 3.04. The van der Waals surface area contributed by atoms with Crippen molar-refractivity contribution in [3.05, 3.63) is 60.2 Å². The summed E-state index contributed by atoms with van der Waals surface area (Å²) in [4.78, 5) is 16.9. The normalized spacial score (nSPS) is 17.5. The molecular formula is C20H21NO2S. The molecule has 1 heterocycles. The summed E-state index contributed by atoms with van der Waals surface area (Å²) in [7, 11) is 0. The molecule has 0 aromatic heterocycles. The highest BCUT2D eigenvalue weighted by Crippen LogP contribution is 2.31. The predicted molar refractivity (Wildman–Crippen MR) is 101 cm³/mol. The van der Waals surface area contributed by atoms with Crippen LogP contribution in [0.25, 0.3) is 11.1 Å². The summed E-state index contributed by atoms with van der Waals surface area (Å²) in [6, 6.07) is 18.0. The quantitative estimate of drug-likeness (QED) is 0.770. The fourth-order valence-corrected chi connectivity index (χ4v) is 3.61. The highest BCUT2D eigenvalue weighted by atomic mass is 32.2. The third-order valence-corrected chi connectivity index (χ3v) is 4.65. The zero-order valence-electron chi connectivity index (χ0n) is 14.2. The van der Waals surface area contributed by atoms with Crippen LogP contribution in [-0.2, 0) is 9.53 Å². The average molecular weight is 339 g/mol. The molecule has 0 bridgehead atoms. The highest BCUT2D eigenvalue weighted by molar-refractivity contribution is 8.14. The number of hydrogen-bond acceptors (Lipinski definition) is 4. The van der Waals surface area contributed by atoms with E-state index in [9.17, 15) is 4.79 Å². The fourth-order valence-electron chi connectivity index (χ4n) is 2.55. The van der Waals surface area contributed by atoms with Crippen molar-refractivity contribution in [3.8, 4) is 11.1 Å². The van der Waals surface area contributed by atoms with E-state index < -0.39 is 11.6 Å². The van der Waals surface area contributed by atoms with E-state index in [4.69, 9.17) is 4.74 Å². The van der Waals surface area contributed by atoms with Gasteiger partial charge in [-0.05, 0) is 31.9 Å². The van der Waals surface area contributed by atoms with Gasteiger partial charge < -0.3 is 4.74 Å². The number of benzene rings is 2. The Kier molecular flexibility index (Phi) is 4.76. The van der Waals surface area contributed by atoms with E-state index in [0.29, 0.717) is 5.75 Å². The first kappa shape index (κ1) is 16.8. The Hall–Kier alpha value is -2.07. The van der Waals surface area contributed by atoms with Crippen molar-refractivity contribution in [3.63, 3.8) is 0 Å². The molecule has 0 N–H and O–H groups in total. The Morgan fingerprint density at radius 3 is 2.33 bits per heavy atom. The maximum Gasteiger partial charge on any atom is 0.332 e. The van der Waals surface area contributed by atoms with Gasteiger partial charge in [-0.3, -0.25) is 4.99 Å². The van der Waals surface area contributed by atoms with Gasteiger partial charge in [-0.15, -0.1) is 11.8 Å². The van der Waals surface area contributed by atoms with Crippen molar-refractivity contribution in [1.82, 2.24) is 0 Å². The summed E-state index contributed by atoms with van der Waals surface area (Å²) in [6.07, 6.45) is 0. The molecule has 3 nitrogen and oxygen atoms in total. The number of rotatable bonds is 3. The summed E-state index contributed by atoms with van der Waals surface area (Å²) >= 11 is 1.62. The Morgan fingerprint density at radius 1 is 1.04 bits per heavy atom. The molecule has 0 saturated carbocycles. The van der Waals surface area contributed by atoms with E-state index >= 15 is 0 Å². The molecule has 0 fully saturated rings. The van der Waals surface area contributed by atoms with Crippen molar-refractivity contribution >= 4 is 22.8 Å². The minimum absolute atomic E-state index is 0.248. The third kappa shape index (κ3) is 3.88. The number of ether oxygens (including phenoxy) is 1. The van der Waals surface area contributed by atoms with Crippen molar-refractivity contribution in [2.24, 2.45) is 4.99 Å². The highest BCUT2D eigenvalue weighted by Gasteiger charge is 2.30. The molecule has 1 aliphatic rings. The molecular weight excluding hydrogens is 318 g/mol. The SMILES string of the molecule is CC(C)(C)OC(=O)[C@@H]1CSC(c2ccccc2-c2ccccc2)=N1.